The van der Waals surface area contributed by atoms with E-state index in [2.05, 4.69) is 0 Å². The lowest BCUT2D eigenvalue weighted by Crippen LogP contribution is -2.40. The number of hydrogen-bond donors (Lipinski definition) is 0. The molecule has 1 aliphatic heterocycles. The zero-order chi connectivity index (χ0) is 21.7. The summed E-state index contributed by atoms with van der Waals surface area (Å²) in [7, 11) is 0. The molecule has 8 nitrogen and oxygen atoms in total. The third kappa shape index (κ3) is 5.05. The van der Waals surface area contributed by atoms with Crippen molar-refractivity contribution in [3.8, 4) is 11.5 Å². The smallest absolute Gasteiger partial charge is 0.343 e. The Hall–Kier alpha value is -2.75. The number of ether oxygens (including phenoxy) is 3. The van der Waals surface area contributed by atoms with E-state index in [0.717, 1.165) is 6.07 Å². The Kier molecular flexibility index (Phi) is 7.20. The van der Waals surface area contributed by atoms with Gasteiger partial charge in [0.1, 0.15) is 4.99 Å². The summed E-state index contributed by atoms with van der Waals surface area (Å²) in [4.78, 5) is 25.5. The lowest BCUT2D eigenvalue weighted by molar-refractivity contribution is -0.384. The normalized spacial score (nSPS) is 13.6. The molecule has 0 atom stereocenters. The first-order valence-corrected chi connectivity index (χ1v) is 9.99. The molecule has 0 saturated carbocycles. The third-order valence-corrected chi connectivity index (χ3v) is 5.12. The number of nitro benzene ring substituents is 1. The van der Waals surface area contributed by atoms with Gasteiger partial charge in [-0.3, -0.25) is 10.1 Å². The van der Waals surface area contributed by atoms with E-state index in [-0.39, 0.29) is 27.8 Å². The lowest BCUT2D eigenvalue weighted by Gasteiger charge is -2.29. The Labute approximate surface area is 183 Å². The number of benzene rings is 2. The van der Waals surface area contributed by atoms with E-state index in [1.165, 1.54) is 18.2 Å². The van der Waals surface area contributed by atoms with Gasteiger partial charge < -0.3 is 19.1 Å². The van der Waals surface area contributed by atoms with Gasteiger partial charge in [0.15, 0.2) is 11.5 Å². The molecule has 0 bridgehead atoms. The molecule has 0 spiro atoms. The van der Waals surface area contributed by atoms with Crippen molar-refractivity contribution in [2.75, 3.05) is 32.9 Å². The molecule has 0 radical (unpaired) electrons. The molecule has 0 aromatic heterocycles. The van der Waals surface area contributed by atoms with Gasteiger partial charge in [0.2, 0.25) is 0 Å². The fourth-order valence-corrected chi connectivity index (χ4v) is 3.45. The van der Waals surface area contributed by atoms with Crippen LogP contribution in [0.4, 0.5) is 5.69 Å². The molecule has 1 saturated heterocycles. The second-order valence-electron chi connectivity index (χ2n) is 6.32. The molecular weight excluding hydrogens is 432 g/mol. The van der Waals surface area contributed by atoms with Gasteiger partial charge >= 0.3 is 5.97 Å². The first-order valence-electron chi connectivity index (χ1n) is 9.20. The van der Waals surface area contributed by atoms with E-state index in [1.807, 2.05) is 4.90 Å². The van der Waals surface area contributed by atoms with Gasteiger partial charge in [-0.2, -0.15) is 0 Å². The molecule has 1 heterocycles. The zero-order valence-electron chi connectivity index (χ0n) is 16.1. The number of hydrogen-bond acceptors (Lipinski definition) is 7. The predicted molar refractivity (Wildman–Crippen MR) is 115 cm³/mol. The minimum atomic E-state index is -0.787. The summed E-state index contributed by atoms with van der Waals surface area (Å²) in [5.74, 6) is -0.497. The van der Waals surface area contributed by atoms with Crippen LogP contribution in [0.2, 0.25) is 5.02 Å². The van der Waals surface area contributed by atoms with Gasteiger partial charge in [-0.05, 0) is 25.1 Å². The van der Waals surface area contributed by atoms with Gasteiger partial charge in [0, 0.05) is 30.8 Å². The summed E-state index contributed by atoms with van der Waals surface area (Å²) in [6.07, 6.45) is 0. The van der Waals surface area contributed by atoms with Gasteiger partial charge in [0.05, 0.1) is 35.3 Å². The van der Waals surface area contributed by atoms with Crippen LogP contribution < -0.4 is 9.47 Å². The van der Waals surface area contributed by atoms with E-state index in [0.29, 0.717) is 43.5 Å². The van der Waals surface area contributed by atoms with E-state index in [1.54, 1.807) is 19.1 Å². The van der Waals surface area contributed by atoms with E-state index in [4.69, 9.17) is 38.0 Å². The number of nitro groups is 1. The number of nitrogens with zero attached hydrogens (tertiary/aromatic N) is 2. The van der Waals surface area contributed by atoms with Crippen LogP contribution in [0.3, 0.4) is 0 Å². The Bertz CT molecular complexity index is 978. The number of carbonyl (C=O) groups is 1. The van der Waals surface area contributed by atoms with Crippen molar-refractivity contribution in [2.24, 2.45) is 0 Å². The SMILES string of the molecule is CCOc1cc(C(=S)N2CCOCC2)cc(Cl)c1OC(=O)c1cccc([N+](=O)[O-])c1. The molecule has 0 N–H and O–H groups in total. The van der Waals surface area contributed by atoms with Crippen LogP contribution in [0.15, 0.2) is 36.4 Å². The Morgan fingerprint density at radius 2 is 2.00 bits per heavy atom. The van der Waals surface area contributed by atoms with Crippen molar-refractivity contribution in [3.05, 3.63) is 62.7 Å². The second-order valence-corrected chi connectivity index (χ2v) is 7.11. The highest BCUT2D eigenvalue weighted by Crippen LogP contribution is 2.38. The number of carbonyl (C=O) groups excluding carboxylic acids is 1. The standard InChI is InChI=1S/C20H19ClN2O6S/c1-2-28-17-12-14(19(30)22-6-8-27-9-7-22)11-16(21)18(17)29-20(24)13-4-3-5-15(10-13)23(25)26/h3-5,10-12H,2,6-9H2,1H3. The largest absolute Gasteiger partial charge is 0.490 e. The maximum absolute atomic E-state index is 12.6. The number of non-ortho nitro benzene ring substituents is 1. The molecular formula is C20H19ClN2O6S. The summed E-state index contributed by atoms with van der Waals surface area (Å²) < 4.78 is 16.4. The van der Waals surface area contributed by atoms with Crippen LogP contribution in [0.1, 0.15) is 22.8 Å². The van der Waals surface area contributed by atoms with E-state index in [9.17, 15) is 14.9 Å². The van der Waals surface area contributed by atoms with Gasteiger partial charge in [0.25, 0.3) is 5.69 Å². The summed E-state index contributed by atoms with van der Waals surface area (Å²) in [6, 6.07) is 8.53. The van der Waals surface area contributed by atoms with Crippen molar-refractivity contribution in [3.63, 3.8) is 0 Å². The highest BCUT2D eigenvalue weighted by molar-refractivity contribution is 7.80. The van der Waals surface area contributed by atoms with Gasteiger partial charge in [-0.25, -0.2) is 4.79 Å². The second kappa shape index (κ2) is 9.84. The summed E-state index contributed by atoms with van der Waals surface area (Å²) in [5.41, 5.74) is 0.470. The zero-order valence-corrected chi connectivity index (χ0v) is 17.7. The lowest BCUT2D eigenvalue weighted by atomic mass is 10.1. The molecule has 158 valence electrons. The van der Waals surface area contributed by atoms with Crippen LogP contribution in [0, 0.1) is 10.1 Å². The molecule has 1 fully saturated rings. The Morgan fingerprint density at radius 1 is 1.27 bits per heavy atom. The van der Waals surface area contributed by atoms with Crippen LogP contribution >= 0.6 is 23.8 Å². The van der Waals surface area contributed by atoms with Gasteiger partial charge in [-0.1, -0.05) is 29.9 Å². The first-order chi connectivity index (χ1) is 14.4. The van der Waals surface area contributed by atoms with Crippen LogP contribution in [-0.2, 0) is 4.74 Å². The van der Waals surface area contributed by atoms with Crippen LogP contribution in [0.5, 0.6) is 11.5 Å². The average molecular weight is 451 g/mol. The van der Waals surface area contributed by atoms with Crippen molar-refractivity contribution in [2.45, 2.75) is 6.92 Å². The fraction of sp³-hybridized carbons (Fsp3) is 0.300. The quantitative estimate of drug-likeness (QED) is 0.215. The van der Waals surface area contributed by atoms with Crippen molar-refractivity contribution in [1.29, 1.82) is 0 Å². The van der Waals surface area contributed by atoms with E-state index >= 15 is 0 Å². The Morgan fingerprint density at radius 3 is 2.67 bits per heavy atom. The minimum absolute atomic E-state index is 0.0237. The number of rotatable bonds is 6. The molecule has 0 unspecified atom stereocenters. The number of esters is 1. The molecule has 30 heavy (non-hydrogen) atoms. The number of morpholine rings is 1. The molecule has 0 aliphatic carbocycles. The average Bonchev–Trinajstić information content (AvgIpc) is 2.76. The van der Waals surface area contributed by atoms with Crippen LogP contribution in [-0.4, -0.2) is 53.7 Å². The molecule has 10 heteroatoms. The summed E-state index contributed by atoms with van der Waals surface area (Å²) in [5, 5.41) is 11.1. The third-order valence-electron chi connectivity index (χ3n) is 4.34. The molecule has 1 aliphatic rings. The number of halogens is 1. The molecule has 0 amide bonds. The van der Waals surface area contributed by atoms with Crippen molar-refractivity contribution >= 4 is 40.5 Å². The van der Waals surface area contributed by atoms with E-state index < -0.39 is 10.9 Å². The summed E-state index contributed by atoms with van der Waals surface area (Å²) in [6.45, 7) is 4.61. The first kappa shape index (κ1) is 21.9. The van der Waals surface area contributed by atoms with Gasteiger partial charge in [-0.15, -0.1) is 0 Å². The highest BCUT2D eigenvalue weighted by atomic mass is 35.5. The fourth-order valence-electron chi connectivity index (χ4n) is 2.90. The van der Waals surface area contributed by atoms with Crippen molar-refractivity contribution in [1.82, 2.24) is 4.90 Å². The Balaban J connectivity index is 1.88. The monoisotopic (exact) mass is 450 g/mol. The van der Waals surface area contributed by atoms with Crippen LogP contribution in [0.25, 0.3) is 0 Å². The minimum Gasteiger partial charge on any atom is -0.490 e. The molecule has 2 aromatic carbocycles. The summed E-state index contributed by atoms with van der Waals surface area (Å²) >= 11 is 12.0. The number of thiocarbonyl (C=S) groups is 1. The molecule has 2 aromatic rings. The maximum Gasteiger partial charge on any atom is 0.343 e. The maximum atomic E-state index is 12.6. The van der Waals surface area contributed by atoms with Crippen molar-refractivity contribution < 1.29 is 23.9 Å². The topological polar surface area (TPSA) is 91.1 Å². The predicted octanol–water partition coefficient (Wildman–Crippen LogP) is 3.87. The molecule has 3 rings (SSSR count). The highest BCUT2D eigenvalue weighted by Gasteiger charge is 2.22.